The van der Waals surface area contributed by atoms with Crippen molar-refractivity contribution in [3.63, 3.8) is 0 Å². The van der Waals surface area contributed by atoms with Crippen LogP contribution in [0.1, 0.15) is 5.56 Å². The molecular weight excluding hydrogens is 450 g/mol. The van der Waals surface area contributed by atoms with Crippen LogP contribution in [0.3, 0.4) is 0 Å². The molecule has 0 fully saturated rings. The normalized spacial score (nSPS) is 10.8. The van der Waals surface area contributed by atoms with Crippen molar-refractivity contribution < 1.29 is 14.3 Å². The summed E-state index contributed by atoms with van der Waals surface area (Å²) in [4.78, 5) is 30.6. The maximum absolute atomic E-state index is 13.4. The number of ether oxygens (including phenoxy) is 2. The molecule has 4 aromatic rings. The van der Waals surface area contributed by atoms with E-state index in [0.29, 0.717) is 39.8 Å². The number of methoxy groups -OCH3 is 2. The van der Waals surface area contributed by atoms with Gasteiger partial charge in [0.15, 0.2) is 16.7 Å². The number of fused-ring (bicyclic) bond motifs is 1. The SMILES string of the molecule is COc1ccc(-n2c(SCC(=O)NCCc3ccccc3)nc3ccccc3c2=O)cc1OC. The number of benzene rings is 3. The summed E-state index contributed by atoms with van der Waals surface area (Å²) in [6, 6.07) is 22.4. The lowest BCUT2D eigenvalue weighted by atomic mass is 10.1. The number of hydrogen-bond acceptors (Lipinski definition) is 6. The van der Waals surface area contributed by atoms with Gasteiger partial charge in [0.2, 0.25) is 5.91 Å². The van der Waals surface area contributed by atoms with Gasteiger partial charge in [-0.2, -0.15) is 0 Å². The number of carbonyl (C=O) groups excluding carboxylic acids is 1. The molecule has 0 aliphatic rings. The first-order valence-electron chi connectivity index (χ1n) is 10.8. The number of amides is 1. The Morgan fingerprint density at radius 3 is 2.47 bits per heavy atom. The Morgan fingerprint density at radius 1 is 0.971 bits per heavy atom. The first-order chi connectivity index (χ1) is 16.6. The van der Waals surface area contributed by atoms with Gasteiger partial charge >= 0.3 is 0 Å². The van der Waals surface area contributed by atoms with Crippen LogP contribution in [0, 0.1) is 0 Å². The Labute approximate surface area is 201 Å². The number of rotatable bonds is 9. The van der Waals surface area contributed by atoms with E-state index in [1.807, 2.05) is 36.4 Å². The van der Waals surface area contributed by atoms with Gasteiger partial charge in [0.25, 0.3) is 5.56 Å². The number of aromatic nitrogens is 2. The summed E-state index contributed by atoms with van der Waals surface area (Å²) in [5.41, 5.74) is 2.10. The van der Waals surface area contributed by atoms with E-state index in [9.17, 15) is 9.59 Å². The molecule has 0 bridgehead atoms. The second-order valence-electron chi connectivity index (χ2n) is 7.47. The van der Waals surface area contributed by atoms with E-state index >= 15 is 0 Å². The van der Waals surface area contributed by atoms with Gasteiger partial charge in [0.1, 0.15) is 0 Å². The molecule has 0 atom stereocenters. The zero-order valence-electron chi connectivity index (χ0n) is 19.0. The standard InChI is InChI=1S/C26H25N3O4S/c1-32-22-13-12-19(16-23(22)33-2)29-25(31)20-10-6-7-11-21(20)28-26(29)34-17-24(30)27-15-14-18-8-4-3-5-9-18/h3-13,16H,14-15,17H2,1-2H3,(H,27,30). The van der Waals surface area contributed by atoms with Crippen molar-refractivity contribution in [2.45, 2.75) is 11.6 Å². The summed E-state index contributed by atoms with van der Waals surface area (Å²) in [7, 11) is 3.09. The molecule has 4 rings (SSSR count). The van der Waals surface area contributed by atoms with E-state index in [1.54, 1.807) is 50.6 Å². The number of para-hydroxylation sites is 1. The third-order valence-corrected chi connectivity index (χ3v) is 6.22. The third kappa shape index (κ3) is 5.23. The van der Waals surface area contributed by atoms with E-state index in [4.69, 9.17) is 9.47 Å². The van der Waals surface area contributed by atoms with E-state index in [0.717, 1.165) is 12.0 Å². The topological polar surface area (TPSA) is 82.5 Å². The highest BCUT2D eigenvalue weighted by Crippen LogP contribution is 2.30. The van der Waals surface area contributed by atoms with Gasteiger partial charge in [-0.1, -0.05) is 54.2 Å². The maximum Gasteiger partial charge on any atom is 0.266 e. The molecule has 0 unspecified atom stereocenters. The minimum absolute atomic E-state index is 0.123. The van der Waals surface area contributed by atoms with Crippen molar-refractivity contribution in [3.8, 4) is 17.2 Å². The summed E-state index contributed by atoms with van der Waals surface area (Å²) < 4.78 is 12.2. The Kier molecular flexibility index (Phi) is 7.49. The van der Waals surface area contributed by atoms with Crippen molar-refractivity contribution in [3.05, 3.63) is 88.7 Å². The van der Waals surface area contributed by atoms with Crippen LogP contribution >= 0.6 is 11.8 Å². The lowest BCUT2D eigenvalue weighted by molar-refractivity contribution is -0.118. The molecule has 0 saturated heterocycles. The second-order valence-corrected chi connectivity index (χ2v) is 8.41. The average molecular weight is 476 g/mol. The highest BCUT2D eigenvalue weighted by molar-refractivity contribution is 7.99. The van der Waals surface area contributed by atoms with Gasteiger partial charge in [0, 0.05) is 12.6 Å². The summed E-state index contributed by atoms with van der Waals surface area (Å²) in [6.07, 6.45) is 0.752. The Morgan fingerprint density at radius 2 is 1.71 bits per heavy atom. The van der Waals surface area contributed by atoms with Crippen molar-refractivity contribution in [1.82, 2.24) is 14.9 Å². The van der Waals surface area contributed by atoms with Gasteiger partial charge in [-0.25, -0.2) is 4.98 Å². The number of nitrogens with one attached hydrogen (secondary N) is 1. The number of carbonyl (C=O) groups is 1. The van der Waals surface area contributed by atoms with Gasteiger partial charge in [-0.3, -0.25) is 14.2 Å². The fourth-order valence-corrected chi connectivity index (χ4v) is 4.42. The Hall–Kier alpha value is -3.78. The van der Waals surface area contributed by atoms with Crippen LogP contribution < -0.4 is 20.3 Å². The number of nitrogens with zero attached hydrogens (tertiary/aromatic N) is 2. The quantitative estimate of drug-likeness (QED) is 0.293. The predicted octanol–water partition coefficient (Wildman–Crippen LogP) is 3.85. The molecular formula is C26H25N3O4S. The molecule has 1 N–H and O–H groups in total. The largest absolute Gasteiger partial charge is 0.493 e. The van der Waals surface area contributed by atoms with Crippen molar-refractivity contribution in [2.75, 3.05) is 26.5 Å². The molecule has 34 heavy (non-hydrogen) atoms. The molecule has 0 aliphatic heterocycles. The molecule has 1 amide bonds. The van der Waals surface area contributed by atoms with Crippen LogP contribution in [0.2, 0.25) is 0 Å². The van der Waals surface area contributed by atoms with Crippen LogP contribution in [-0.2, 0) is 11.2 Å². The van der Waals surface area contributed by atoms with Crippen molar-refractivity contribution >= 4 is 28.6 Å². The summed E-state index contributed by atoms with van der Waals surface area (Å²) >= 11 is 1.22. The minimum atomic E-state index is -0.218. The third-order valence-electron chi connectivity index (χ3n) is 5.28. The van der Waals surface area contributed by atoms with Gasteiger partial charge < -0.3 is 14.8 Å². The van der Waals surface area contributed by atoms with Crippen LogP contribution in [-0.4, -0.2) is 42.0 Å². The smallest absolute Gasteiger partial charge is 0.266 e. The molecule has 8 heteroatoms. The molecule has 0 saturated carbocycles. The highest BCUT2D eigenvalue weighted by atomic mass is 32.2. The van der Waals surface area contributed by atoms with E-state index in [-0.39, 0.29) is 17.2 Å². The number of hydrogen-bond donors (Lipinski definition) is 1. The second kappa shape index (κ2) is 10.9. The lowest BCUT2D eigenvalue weighted by Gasteiger charge is -2.15. The molecule has 3 aromatic carbocycles. The Balaban J connectivity index is 1.59. The summed E-state index contributed by atoms with van der Waals surface area (Å²) in [5.74, 6) is 1.06. The zero-order chi connectivity index (χ0) is 23.9. The average Bonchev–Trinajstić information content (AvgIpc) is 2.88. The minimum Gasteiger partial charge on any atom is -0.493 e. The summed E-state index contributed by atoms with van der Waals surface area (Å²) in [5, 5.41) is 3.85. The first kappa shape index (κ1) is 23.4. The fraction of sp³-hybridized carbons (Fsp3) is 0.192. The zero-order valence-corrected chi connectivity index (χ0v) is 19.8. The molecule has 1 heterocycles. The monoisotopic (exact) mass is 475 g/mol. The molecule has 1 aromatic heterocycles. The Bertz CT molecular complexity index is 1360. The van der Waals surface area contributed by atoms with Gasteiger partial charge in [-0.15, -0.1) is 0 Å². The highest BCUT2D eigenvalue weighted by Gasteiger charge is 2.16. The van der Waals surface area contributed by atoms with Crippen LogP contribution in [0.25, 0.3) is 16.6 Å². The molecule has 174 valence electrons. The van der Waals surface area contributed by atoms with E-state index < -0.39 is 0 Å². The predicted molar refractivity (Wildman–Crippen MR) is 134 cm³/mol. The number of thioether (sulfide) groups is 1. The summed E-state index contributed by atoms with van der Waals surface area (Å²) in [6.45, 7) is 0.539. The van der Waals surface area contributed by atoms with E-state index in [1.165, 1.54) is 16.3 Å². The van der Waals surface area contributed by atoms with Crippen LogP contribution in [0.4, 0.5) is 0 Å². The van der Waals surface area contributed by atoms with Crippen molar-refractivity contribution in [1.29, 1.82) is 0 Å². The maximum atomic E-state index is 13.4. The molecule has 0 aliphatic carbocycles. The first-order valence-corrected chi connectivity index (χ1v) is 11.8. The van der Waals surface area contributed by atoms with Crippen molar-refractivity contribution in [2.24, 2.45) is 0 Å². The van der Waals surface area contributed by atoms with Crippen LogP contribution in [0.5, 0.6) is 11.5 Å². The van der Waals surface area contributed by atoms with E-state index in [2.05, 4.69) is 10.3 Å². The van der Waals surface area contributed by atoms with Crippen LogP contribution in [0.15, 0.2) is 82.7 Å². The molecule has 7 nitrogen and oxygen atoms in total. The lowest BCUT2D eigenvalue weighted by Crippen LogP contribution is -2.28. The molecule has 0 radical (unpaired) electrons. The fourth-order valence-electron chi connectivity index (χ4n) is 3.57. The molecule has 0 spiro atoms. The van der Waals surface area contributed by atoms with Gasteiger partial charge in [0.05, 0.1) is 36.6 Å². The van der Waals surface area contributed by atoms with Gasteiger partial charge in [-0.05, 0) is 36.2 Å².